The van der Waals surface area contributed by atoms with E-state index in [2.05, 4.69) is 25.5 Å². The monoisotopic (exact) mass is 417 g/mol. The summed E-state index contributed by atoms with van der Waals surface area (Å²) in [5.41, 5.74) is 8.21. The molecule has 0 amide bonds. The minimum Gasteiger partial charge on any atom is -0.496 e. The predicted octanol–water partition coefficient (Wildman–Crippen LogP) is 3.14. The molecule has 4 N–H and O–H groups in total. The topological polar surface area (TPSA) is 135 Å². The molecular formula is C22H23N7O2. The lowest BCUT2D eigenvalue weighted by molar-refractivity contribution is -0.0779. The van der Waals surface area contributed by atoms with Crippen LogP contribution < -0.4 is 20.5 Å². The normalized spacial score (nSPS) is 24.0. The molecule has 9 nitrogen and oxygen atoms in total. The summed E-state index contributed by atoms with van der Waals surface area (Å²) in [6.45, 7) is 0. The Hall–Kier alpha value is -3.64. The second kappa shape index (κ2) is 7.56. The molecule has 2 saturated carbocycles. The number of aromatic amines is 1. The number of benzene rings is 1. The highest BCUT2D eigenvalue weighted by atomic mass is 16.5. The van der Waals surface area contributed by atoms with Crippen molar-refractivity contribution in [3.05, 3.63) is 42.4 Å². The van der Waals surface area contributed by atoms with E-state index in [0.717, 1.165) is 42.7 Å². The molecule has 1 aromatic carbocycles. The Morgan fingerprint density at radius 1 is 1.16 bits per heavy atom. The first-order valence-corrected chi connectivity index (χ1v) is 10.2. The second-order valence-electron chi connectivity index (χ2n) is 8.34. The molecule has 3 aromatic rings. The van der Waals surface area contributed by atoms with Crippen molar-refractivity contribution in [2.75, 3.05) is 12.4 Å². The van der Waals surface area contributed by atoms with Crippen molar-refractivity contribution < 1.29 is 9.47 Å². The fourth-order valence-electron chi connectivity index (χ4n) is 4.70. The fraction of sp³-hybridized carbons (Fsp3) is 0.364. The molecule has 0 aliphatic heterocycles. The first-order valence-electron chi connectivity index (χ1n) is 10.2. The summed E-state index contributed by atoms with van der Waals surface area (Å²) in [6.07, 6.45) is 7.38. The van der Waals surface area contributed by atoms with Crippen LogP contribution >= 0.6 is 0 Å². The van der Waals surface area contributed by atoms with Gasteiger partial charge in [0.15, 0.2) is 11.5 Å². The Kier molecular flexibility index (Phi) is 4.71. The summed E-state index contributed by atoms with van der Waals surface area (Å²) in [5.74, 6) is 2.52. The van der Waals surface area contributed by atoms with Crippen LogP contribution in [0.3, 0.4) is 0 Å². The van der Waals surface area contributed by atoms with Crippen molar-refractivity contribution in [3.8, 4) is 28.8 Å². The summed E-state index contributed by atoms with van der Waals surface area (Å²) in [7, 11) is 1.64. The van der Waals surface area contributed by atoms with Crippen LogP contribution in [-0.2, 0) is 0 Å². The van der Waals surface area contributed by atoms with Crippen molar-refractivity contribution in [1.82, 2.24) is 20.2 Å². The van der Waals surface area contributed by atoms with E-state index in [1.807, 2.05) is 30.3 Å². The Balaban J connectivity index is 1.35. The third-order valence-corrected chi connectivity index (χ3v) is 6.08. The van der Waals surface area contributed by atoms with Crippen LogP contribution in [0.15, 0.2) is 36.7 Å². The van der Waals surface area contributed by atoms with E-state index < -0.39 is 0 Å². The first kappa shape index (κ1) is 19.3. The number of methoxy groups -OCH3 is 1. The molecule has 2 heterocycles. The molecule has 0 unspecified atom stereocenters. The van der Waals surface area contributed by atoms with Gasteiger partial charge in [0, 0.05) is 12.1 Å². The van der Waals surface area contributed by atoms with Crippen LogP contribution in [0.2, 0.25) is 0 Å². The van der Waals surface area contributed by atoms with E-state index in [1.165, 1.54) is 12.4 Å². The summed E-state index contributed by atoms with van der Waals surface area (Å²) in [6, 6.07) is 9.93. The van der Waals surface area contributed by atoms with Gasteiger partial charge in [0.05, 0.1) is 36.9 Å². The summed E-state index contributed by atoms with van der Waals surface area (Å²) < 4.78 is 12.0. The molecule has 2 aliphatic carbocycles. The number of hydrogen-bond donors (Lipinski definition) is 3. The Labute approximate surface area is 179 Å². The molecular weight excluding hydrogens is 394 g/mol. The SMILES string of the molecule is COc1cccc(O[C@H]2CC3(C[C@@H](N)C3)C2)c1-c1cc(Nc2cnc(C#N)cn2)n[nH]1. The van der Waals surface area contributed by atoms with Crippen molar-refractivity contribution in [2.45, 2.75) is 37.8 Å². The number of ether oxygens (including phenoxy) is 2. The van der Waals surface area contributed by atoms with Gasteiger partial charge in [-0.05, 0) is 43.2 Å². The zero-order valence-electron chi connectivity index (χ0n) is 17.1. The van der Waals surface area contributed by atoms with Gasteiger partial charge in [0.1, 0.15) is 23.4 Å². The number of rotatable bonds is 6. The van der Waals surface area contributed by atoms with Crippen LogP contribution in [0.1, 0.15) is 31.4 Å². The average Bonchev–Trinajstić information content (AvgIpc) is 3.19. The number of nitrogens with zero attached hydrogens (tertiary/aromatic N) is 4. The molecule has 2 fully saturated rings. The number of anilines is 2. The van der Waals surface area contributed by atoms with Gasteiger partial charge >= 0.3 is 0 Å². The molecule has 0 bridgehead atoms. The number of aromatic nitrogens is 4. The maximum atomic E-state index is 8.85. The lowest BCUT2D eigenvalue weighted by atomic mass is 9.53. The van der Waals surface area contributed by atoms with E-state index >= 15 is 0 Å². The Morgan fingerprint density at radius 2 is 1.97 bits per heavy atom. The zero-order valence-corrected chi connectivity index (χ0v) is 17.1. The fourth-order valence-corrected chi connectivity index (χ4v) is 4.70. The van der Waals surface area contributed by atoms with Gasteiger partial charge in [0.2, 0.25) is 0 Å². The predicted molar refractivity (Wildman–Crippen MR) is 114 cm³/mol. The van der Waals surface area contributed by atoms with Crippen molar-refractivity contribution >= 4 is 11.6 Å². The molecule has 2 aromatic heterocycles. The Bertz CT molecular complexity index is 1120. The van der Waals surface area contributed by atoms with E-state index in [0.29, 0.717) is 28.8 Å². The quantitative estimate of drug-likeness (QED) is 0.557. The summed E-state index contributed by atoms with van der Waals surface area (Å²) in [4.78, 5) is 8.16. The van der Waals surface area contributed by atoms with E-state index in [-0.39, 0.29) is 11.8 Å². The van der Waals surface area contributed by atoms with E-state index in [1.54, 1.807) is 7.11 Å². The largest absolute Gasteiger partial charge is 0.496 e. The standard InChI is InChI=1S/C22H23N7O2/c1-30-17-3-2-4-18(31-15-8-22(9-15)6-13(24)7-22)21(17)16-5-19(29-28-16)27-20-12-25-14(10-23)11-26-20/h2-5,11-13,15H,6-9,24H2,1H3,(H2,26,27,28,29)/t13-,15-,22?. The minimum absolute atomic E-state index is 0.188. The van der Waals surface area contributed by atoms with Gasteiger partial charge in [-0.3, -0.25) is 5.10 Å². The number of nitrogens with two attached hydrogens (primary N) is 1. The van der Waals surface area contributed by atoms with Crippen LogP contribution in [0.5, 0.6) is 11.5 Å². The maximum absolute atomic E-state index is 8.85. The second-order valence-corrected chi connectivity index (χ2v) is 8.34. The summed E-state index contributed by atoms with van der Waals surface area (Å²) >= 11 is 0. The molecule has 5 rings (SSSR count). The number of hydrogen-bond acceptors (Lipinski definition) is 8. The smallest absolute Gasteiger partial charge is 0.158 e. The highest BCUT2D eigenvalue weighted by Crippen LogP contribution is 2.56. The zero-order chi connectivity index (χ0) is 21.4. The molecule has 0 radical (unpaired) electrons. The van der Waals surface area contributed by atoms with Gasteiger partial charge in [-0.1, -0.05) is 6.07 Å². The molecule has 158 valence electrons. The van der Waals surface area contributed by atoms with Crippen LogP contribution in [-0.4, -0.2) is 39.4 Å². The molecule has 0 atom stereocenters. The third kappa shape index (κ3) is 3.66. The van der Waals surface area contributed by atoms with Crippen molar-refractivity contribution in [1.29, 1.82) is 5.26 Å². The van der Waals surface area contributed by atoms with Gasteiger partial charge < -0.3 is 20.5 Å². The van der Waals surface area contributed by atoms with Crippen molar-refractivity contribution in [2.24, 2.45) is 11.1 Å². The summed E-state index contributed by atoms with van der Waals surface area (Å²) in [5, 5.41) is 19.3. The van der Waals surface area contributed by atoms with Gasteiger partial charge in [-0.25, -0.2) is 9.97 Å². The van der Waals surface area contributed by atoms with E-state index in [9.17, 15) is 0 Å². The molecule has 1 spiro atoms. The third-order valence-electron chi connectivity index (χ3n) is 6.08. The van der Waals surface area contributed by atoms with Crippen LogP contribution in [0, 0.1) is 16.7 Å². The number of H-pyrrole nitrogens is 1. The molecule has 0 saturated heterocycles. The number of nitriles is 1. The Morgan fingerprint density at radius 3 is 2.65 bits per heavy atom. The van der Waals surface area contributed by atoms with Crippen LogP contribution in [0.4, 0.5) is 11.6 Å². The molecule has 31 heavy (non-hydrogen) atoms. The van der Waals surface area contributed by atoms with Gasteiger partial charge in [0.25, 0.3) is 0 Å². The highest BCUT2D eigenvalue weighted by molar-refractivity contribution is 5.76. The van der Waals surface area contributed by atoms with Crippen molar-refractivity contribution in [3.63, 3.8) is 0 Å². The average molecular weight is 417 g/mol. The molecule has 2 aliphatic rings. The van der Waals surface area contributed by atoms with Gasteiger partial charge in [-0.15, -0.1) is 0 Å². The van der Waals surface area contributed by atoms with Gasteiger partial charge in [-0.2, -0.15) is 10.4 Å². The first-order chi connectivity index (χ1) is 15.1. The highest BCUT2D eigenvalue weighted by Gasteiger charge is 2.53. The lowest BCUT2D eigenvalue weighted by Gasteiger charge is -2.56. The van der Waals surface area contributed by atoms with Crippen LogP contribution in [0.25, 0.3) is 11.3 Å². The molecule has 9 heteroatoms. The maximum Gasteiger partial charge on any atom is 0.158 e. The number of nitrogens with one attached hydrogen (secondary N) is 2. The minimum atomic E-state index is 0.188. The van der Waals surface area contributed by atoms with E-state index in [4.69, 9.17) is 20.5 Å². The lowest BCUT2D eigenvalue weighted by Crippen LogP contribution is -2.56.